The van der Waals surface area contributed by atoms with E-state index in [0.29, 0.717) is 12.0 Å². The van der Waals surface area contributed by atoms with Crippen molar-refractivity contribution in [2.45, 2.75) is 57.0 Å². The van der Waals surface area contributed by atoms with Crippen molar-refractivity contribution in [3.05, 3.63) is 0 Å². The molecule has 2 aliphatic rings. The Morgan fingerprint density at radius 3 is 2.50 bits per heavy atom. The number of aliphatic imine (C=N–C) groups is 1. The molecule has 92 valence electrons. The predicted octanol–water partition coefficient (Wildman–Crippen LogP) is 0.994. The highest BCUT2D eigenvalue weighted by Crippen LogP contribution is 2.31. The molecule has 2 saturated carbocycles. The summed E-state index contributed by atoms with van der Waals surface area (Å²) in [6, 6.07) is 0.436. The van der Waals surface area contributed by atoms with Crippen molar-refractivity contribution in [3.8, 4) is 0 Å². The van der Waals surface area contributed by atoms with Gasteiger partial charge in [-0.1, -0.05) is 6.92 Å². The molecule has 0 aromatic heterocycles. The smallest absolute Gasteiger partial charge is 0.189 e. The number of hydrogen-bond donors (Lipinski definition) is 3. The number of nitrogens with one attached hydrogen (secondary N) is 1. The Hall–Kier alpha value is -0.770. The molecule has 2 aliphatic carbocycles. The Kier molecular flexibility index (Phi) is 3.38. The molecule has 0 aromatic carbocycles. The molecule has 2 rings (SSSR count). The summed E-state index contributed by atoms with van der Waals surface area (Å²) in [5.41, 5.74) is 5.66. The van der Waals surface area contributed by atoms with Crippen LogP contribution in [0.3, 0.4) is 0 Å². The largest absolute Gasteiger partial charge is 0.394 e. The molecular formula is C12H23N3O. The highest BCUT2D eigenvalue weighted by atomic mass is 16.3. The van der Waals surface area contributed by atoms with Gasteiger partial charge >= 0.3 is 0 Å². The molecule has 4 nitrogen and oxygen atoms in total. The van der Waals surface area contributed by atoms with Gasteiger partial charge in [-0.05, 0) is 44.4 Å². The molecule has 4 heteroatoms. The first-order chi connectivity index (χ1) is 7.63. The summed E-state index contributed by atoms with van der Waals surface area (Å²) >= 11 is 0. The number of nitrogens with two attached hydrogens (primary N) is 1. The number of hydrogen-bond acceptors (Lipinski definition) is 2. The van der Waals surface area contributed by atoms with Gasteiger partial charge in [-0.15, -0.1) is 0 Å². The summed E-state index contributed by atoms with van der Waals surface area (Å²) in [7, 11) is 0. The van der Waals surface area contributed by atoms with Crippen LogP contribution in [0.25, 0.3) is 0 Å². The van der Waals surface area contributed by atoms with Crippen LogP contribution in [-0.2, 0) is 0 Å². The number of aliphatic hydroxyl groups is 1. The molecule has 0 unspecified atom stereocenters. The molecule has 0 atom stereocenters. The average molecular weight is 225 g/mol. The molecule has 16 heavy (non-hydrogen) atoms. The Balaban J connectivity index is 1.93. The number of rotatable bonds is 3. The van der Waals surface area contributed by atoms with Crippen molar-refractivity contribution in [2.75, 3.05) is 6.61 Å². The van der Waals surface area contributed by atoms with Gasteiger partial charge in [0.2, 0.25) is 0 Å². The van der Waals surface area contributed by atoms with Crippen LogP contribution >= 0.6 is 0 Å². The van der Waals surface area contributed by atoms with Crippen LogP contribution in [-0.4, -0.2) is 29.3 Å². The van der Waals surface area contributed by atoms with Crippen molar-refractivity contribution in [2.24, 2.45) is 16.6 Å². The van der Waals surface area contributed by atoms with E-state index in [1.807, 2.05) is 0 Å². The molecule has 2 fully saturated rings. The van der Waals surface area contributed by atoms with Gasteiger partial charge in [0.05, 0.1) is 18.2 Å². The maximum atomic E-state index is 9.55. The lowest BCUT2D eigenvalue weighted by molar-refractivity contribution is 0.122. The van der Waals surface area contributed by atoms with Gasteiger partial charge in [-0.25, -0.2) is 0 Å². The fraction of sp³-hybridized carbons (Fsp3) is 0.917. The Labute approximate surface area is 97.3 Å². The quantitative estimate of drug-likeness (QED) is 0.495. The minimum atomic E-state index is -0.213. The lowest BCUT2D eigenvalue weighted by Crippen LogP contribution is -2.55. The summed E-state index contributed by atoms with van der Waals surface area (Å²) in [6.45, 7) is 2.42. The van der Waals surface area contributed by atoms with E-state index < -0.39 is 0 Å². The zero-order valence-corrected chi connectivity index (χ0v) is 10.1. The van der Waals surface area contributed by atoms with E-state index in [4.69, 9.17) is 5.73 Å². The van der Waals surface area contributed by atoms with E-state index in [9.17, 15) is 5.11 Å². The van der Waals surface area contributed by atoms with Crippen molar-refractivity contribution >= 4 is 5.96 Å². The van der Waals surface area contributed by atoms with Gasteiger partial charge in [0.15, 0.2) is 5.96 Å². The van der Waals surface area contributed by atoms with Crippen LogP contribution in [0, 0.1) is 5.92 Å². The second-order valence-corrected chi connectivity index (χ2v) is 5.49. The molecule has 0 spiro atoms. The average Bonchev–Trinajstić information content (AvgIpc) is 3.06. The van der Waals surface area contributed by atoms with Gasteiger partial charge < -0.3 is 16.2 Å². The number of nitrogens with zero attached hydrogens (tertiary/aromatic N) is 1. The fourth-order valence-electron chi connectivity index (χ4n) is 2.34. The van der Waals surface area contributed by atoms with E-state index in [0.717, 1.165) is 44.4 Å². The molecule has 0 radical (unpaired) electrons. The molecule has 0 heterocycles. The van der Waals surface area contributed by atoms with E-state index in [2.05, 4.69) is 17.2 Å². The zero-order chi connectivity index (χ0) is 11.6. The summed E-state index contributed by atoms with van der Waals surface area (Å²) < 4.78 is 0. The third-order valence-electron chi connectivity index (χ3n) is 3.80. The maximum absolute atomic E-state index is 9.55. The monoisotopic (exact) mass is 225 g/mol. The highest BCUT2D eigenvalue weighted by Gasteiger charge is 2.34. The van der Waals surface area contributed by atoms with Gasteiger partial charge in [0.25, 0.3) is 0 Å². The van der Waals surface area contributed by atoms with Crippen molar-refractivity contribution < 1.29 is 5.11 Å². The van der Waals surface area contributed by atoms with Crippen LogP contribution in [0.15, 0.2) is 4.99 Å². The first kappa shape index (κ1) is 11.7. The van der Waals surface area contributed by atoms with E-state index in [-0.39, 0.29) is 12.1 Å². The van der Waals surface area contributed by atoms with Gasteiger partial charge in [0.1, 0.15) is 0 Å². The van der Waals surface area contributed by atoms with Gasteiger partial charge in [-0.3, -0.25) is 4.99 Å². The summed E-state index contributed by atoms with van der Waals surface area (Å²) in [6.07, 6.45) is 6.61. The standard InChI is InChI=1S/C12H23N3O/c1-9-4-6-12(8-16,7-5-9)15-11(13)14-10-2-3-10/h9-10,16H,2-8H2,1H3,(H3,13,14,15). The molecular weight excluding hydrogens is 202 g/mol. The second kappa shape index (κ2) is 4.62. The maximum Gasteiger partial charge on any atom is 0.189 e. The Morgan fingerprint density at radius 2 is 2.00 bits per heavy atom. The van der Waals surface area contributed by atoms with E-state index in [1.165, 1.54) is 0 Å². The molecule has 0 bridgehead atoms. The van der Waals surface area contributed by atoms with Crippen molar-refractivity contribution in [1.29, 1.82) is 0 Å². The van der Waals surface area contributed by atoms with Crippen LogP contribution in [0.2, 0.25) is 0 Å². The summed E-state index contributed by atoms with van der Waals surface area (Å²) in [4.78, 5) is 4.37. The lowest BCUT2D eigenvalue weighted by Gasteiger charge is -2.39. The molecule has 0 aromatic rings. The second-order valence-electron chi connectivity index (χ2n) is 5.49. The minimum absolute atomic E-state index is 0.153. The van der Waals surface area contributed by atoms with Crippen LogP contribution in [0.4, 0.5) is 0 Å². The normalized spacial score (nSPS) is 36.1. The molecule has 0 aliphatic heterocycles. The highest BCUT2D eigenvalue weighted by molar-refractivity contribution is 5.79. The van der Waals surface area contributed by atoms with E-state index in [1.54, 1.807) is 0 Å². The minimum Gasteiger partial charge on any atom is -0.394 e. The first-order valence-corrected chi connectivity index (χ1v) is 6.36. The Morgan fingerprint density at radius 1 is 1.38 bits per heavy atom. The van der Waals surface area contributed by atoms with Crippen LogP contribution < -0.4 is 11.1 Å². The first-order valence-electron chi connectivity index (χ1n) is 6.36. The van der Waals surface area contributed by atoms with E-state index >= 15 is 0 Å². The Bertz CT molecular complexity index is 265. The summed E-state index contributed by atoms with van der Waals surface area (Å²) in [5.74, 6) is 1.29. The fourth-order valence-corrected chi connectivity index (χ4v) is 2.34. The SMILES string of the molecule is CC1CCC(CO)(NC(N)=NC2CC2)CC1. The van der Waals surface area contributed by atoms with Crippen LogP contribution in [0.5, 0.6) is 0 Å². The molecule has 4 N–H and O–H groups in total. The number of aliphatic hydroxyl groups excluding tert-OH is 1. The zero-order valence-electron chi connectivity index (χ0n) is 10.1. The lowest BCUT2D eigenvalue weighted by atomic mass is 9.77. The third kappa shape index (κ3) is 2.88. The topological polar surface area (TPSA) is 70.6 Å². The van der Waals surface area contributed by atoms with Crippen molar-refractivity contribution in [1.82, 2.24) is 5.32 Å². The predicted molar refractivity (Wildman–Crippen MR) is 65.2 cm³/mol. The molecule has 0 saturated heterocycles. The van der Waals surface area contributed by atoms with Crippen molar-refractivity contribution in [3.63, 3.8) is 0 Å². The number of guanidine groups is 1. The summed E-state index contributed by atoms with van der Waals surface area (Å²) in [5, 5.41) is 12.8. The van der Waals surface area contributed by atoms with Gasteiger partial charge in [-0.2, -0.15) is 0 Å². The van der Waals surface area contributed by atoms with Gasteiger partial charge in [0, 0.05) is 0 Å². The van der Waals surface area contributed by atoms with Crippen LogP contribution in [0.1, 0.15) is 45.4 Å². The third-order valence-corrected chi connectivity index (χ3v) is 3.80. The molecule has 0 amide bonds.